The predicted octanol–water partition coefficient (Wildman–Crippen LogP) is 3.13. The molecule has 2 aliphatic heterocycles. The van der Waals surface area contributed by atoms with Gasteiger partial charge in [-0.2, -0.15) is 0 Å². The van der Waals surface area contributed by atoms with Crippen molar-refractivity contribution in [2.75, 3.05) is 19.6 Å². The molecule has 0 bridgehead atoms. The maximum atomic E-state index is 3.59. The van der Waals surface area contributed by atoms with E-state index in [9.17, 15) is 0 Å². The van der Waals surface area contributed by atoms with Crippen LogP contribution >= 0.6 is 0 Å². The van der Waals surface area contributed by atoms with Crippen molar-refractivity contribution in [2.24, 2.45) is 23.2 Å². The van der Waals surface area contributed by atoms with Crippen molar-refractivity contribution in [3.05, 3.63) is 0 Å². The Bertz CT molecular complexity index is 320. The molecule has 1 aliphatic carbocycles. The fourth-order valence-corrected chi connectivity index (χ4v) is 5.16. The molecular formula is C17H32N2. The summed E-state index contributed by atoms with van der Waals surface area (Å²) in [6.07, 6.45) is 5.80. The lowest BCUT2D eigenvalue weighted by Crippen LogP contribution is -2.49. The maximum absolute atomic E-state index is 3.59. The highest BCUT2D eigenvalue weighted by atomic mass is 15.2. The lowest BCUT2D eigenvalue weighted by molar-refractivity contribution is 0.0313. The van der Waals surface area contributed by atoms with E-state index < -0.39 is 0 Å². The highest BCUT2D eigenvalue weighted by Crippen LogP contribution is 2.44. The van der Waals surface area contributed by atoms with Gasteiger partial charge >= 0.3 is 0 Å². The lowest BCUT2D eigenvalue weighted by atomic mass is 9.69. The van der Waals surface area contributed by atoms with Crippen LogP contribution in [0.2, 0.25) is 0 Å². The van der Waals surface area contributed by atoms with Gasteiger partial charge in [0.05, 0.1) is 0 Å². The molecule has 5 atom stereocenters. The summed E-state index contributed by atoms with van der Waals surface area (Å²) in [7, 11) is 0. The summed E-state index contributed by atoms with van der Waals surface area (Å²) < 4.78 is 0. The number of rotatable bonds is 1. The minimum Gasteiger partial charge on any atom is -0.316 e. The molecule has 0 radical (unpaired) electrons. The molecule has 19 heavy (non-hydrogen) atoms. The molecule has 0 aromatic heterocycles. The van der Waals surface area contributed by atoms with Crippen LogP contribution in [0, 0.1) is 23.2 Å². The number of hydrogen-bond donors (Lipinski definition) is 1. The molecule has 0 aromatic rings. The molecule has 2 heteroatoms. The van der Waals surface area contributed by atoms with Gasteiger partial charge in [-0.15, -0.1) is 0 Å². The van der Waals surface area contributed by atoms with E-state index in [4.69, 9.17) is 0 Å². The SMILES string of the molecule is CC1C2CNCC2CN1C1CCCCC1C(C)(C)C. The Balaban J connectivity index is 1.76. The van der Waals surface area contributed by atoms with Crippen LogP contribution in [-0.2, 0) is 0 Å². The summed E-state index contributed by atoms with van der Waals surface area (Å²) in [5.74, 6) is 2.75. The monoisotopic (exact) mass is 264 g/mol. The number of hydrogen-bond acceptors (Lipinski definition) is 2. The summed E-state index contributed by atoms with van der Waals surface area (Å²) in [5.41, 5.74) is 0.473. The maximum Gasteiger partial charge on any atom is 0.0132 e. The van der Waals surface area contributed by atoms with E-state index in [2.05, 4.69) is 37.9 Å². The first-order chi connectivity index (χ1) is 8.98. The summed E-state index contributed by atoms with van der Waals surface area (Å²) in [6, 6.07) is 1.65. The molecule has 2 saturated heterocycles. The molecule has 2 heterocycles. The number of nitrogens with one attached hydrogen (secondary N) is 1. The Hall–Kier alpha value is -0.0800. The molecule has 1 N–H and O–H groups in total. The van der Waals surface area contributed by atoms with Crippen LogP contribution in [-0.4, -0.2) is 36.6 Å². The van der Waals surface area contributed by atoms with Crippen LogP contribution in [0.1, 0.15) is 53.4 Å². The topological polar surface area (TPSA) is 15.3 Å². The van der Waals surface area contributed by atoms with Crippen LogP contribution in [0.5, 0.6) is 0 Å². The molecule has 1 saturated carbocycles. The van der Waals surface area contributed by atoms with Gasteiger partial charge in [-0.05, 0) is 56.0 Å². The Labute approximate surface area is 119 Å². The highest BCUT2D eigenvalue weighted by molar-refractivity contribution is 5.01. The van der Waals surface area contributed by atoms with Gasteiger partial charge in [0.15, 0.2) is 0 Å². The van der Waals surface area contributed by atoms with E-state index in [1.165, 1.54) is 45.3 Å². The van der Waals surface area contributed by atoms with Gasteiger partial charge in [0.2, 0.25) is 0 Å². The van der Waals surface area contributed by atoms with Crippen LogP contribution in [0.25, 0.3) is 0 Å². The van der Waals surface area contributed by atoms with E-state index in [1.807, 2.05) is 0 Å². The smallest absolute Gasteiger partial charge is 0.0132 e. The molecule has 5 unspecified atom stereocenters. The molecule has 0 amide bonds. The van der Waals surface area contributed by atoms with E-state index in [0.29, 0.717) is 5.41 Å². The summed E-state index contributed by atoms with van der Waals surface area (Å²) in [4.78, 5) is 2.91. The Kier molecular flexibility index (Phi) is 3.68. The van der Waals surface area contributed by atoms with Crippen molar-refractivity contribution in [2.45, 2.75) is 65.5 Å². The Morgan fingerprint density at radius 1 is 1.05 bits per heavy atom. The third-order valence-corrected chi connectivity index (χ3v) is 6.25. The predicted molar refractivity (Wildman–Crippen MR) is 81.2 cm³/mol. The molecule has 0 aromatic carbocycles. The van der Waals surface area contributed by atoms with Crippen molar-refractivity contribution in [3.8, 4) is 0 Å². The molecule has 2 nitrogen and oxygen atoms in total. The highest BCUT2D eigenvalue weighted by Gasteiger charge is 2.47. The van der Waals surface area contributed by atoms with E-state index in [-0.39, 0.29) is 0 Å². The third-order valence-electron chi connectivity index (χ3n) is 6.25. The quantitative estimate of drug-likeness (QED) is 0.783. The van der Waals surface area contributed by atoms with Gasteiger partial charge in [-0.3, -0.25) is 4.90 Å². The van der Waals surface area contributed by atoms with Gasteiger partial charge in [0, 0.05) is 18.6 Å². The largest absolute Gasteiger partial charge is 0.316 e. The van der Waals surface area contributed by atoms with Gasteiger partial charge in [-0.1, -0.05) is 33.6 Å². The number of likely N-dealkylation sites (tertiary alicyclic amines) is 1. The van der Waals surface area contributed by atoms with Crippen molar-refractivity contribution >= 4 is 0 Å². The van der Waals surface area contributed by atoms with E-state index in [0.717, 1.165) is 29.8 Å². The fourth-order valence-electron chi connectivity index (χ4n) is 5.16. The van der Waals surface area contributed by atoms with Gasteiger partial charge in [0.25, 0.3) is 0 Å². The number of nitrogens with zero attached hydrogens (tertiary/aromatic N) is 1. The molecule has 3 rings (SSSR count). The second kappa shape index (κ2) is 5.04. The van der Waals surface area contributed by atoms with Crippen molar-refractivity contribution in [1.82, 2.24) is 10.2 Å². The second-order valence-electron chi connectivity index (χ2n) is 8.34. The fraction of sp³-hybridized carbons (Fsp3) is 1.00. The van der Waals surface area contributed by atoms with Crippen molar-refractivity contribution < 1.29 is 0 Å². The van der Waals surface area contributed by atoms with E-state index in [1.54, 1.807) is 0 Å². The third kappa shape index (κ3) is 2.47. The average Bonchev–Trinajstić information content (AvgIpc) is 2.92. The van der Waals surface area contributed by atoms with Gasteiger partial charge in [-0.25, -0.2) is 0 Å². The summed E-state index contributed by atoms with van der Waals surface area (Å²) >= 11 is 0. The summed E-state index contributed by atoms with van der Waals surface area (Å²) in [5, 5.41) is 3.59. The Morgan fingerprint density at radius 2 is 1.79 bits per heavy atom. The first-order valence-corrected chi connectivity index (χ1v) is 8.45. The Morgan fingerprint density at radius 3 is 2.47 bits per heavy atom. The molecule has 0 spiro atoms. The normalized spacial score (nSPS) is 44.5. The molecule has 110 valence electrons. The van der Waals surface area contributed by atoms with Gasteiger partial charge in [0.1, 0.15) is 0 Å². The standard InChI is InChI=1S/C17H32N2/c1-12-14-10-18-9-13(14)11-19(12)16-8-6-5-7-15(16)17(2,3)4/h12-16,18H,5-11H2,1-4H3. The van der Waals surface area contributed by atoms with Crippen LogP contribution < -0.4 is 5.32 Å². The van der Waals surface area contributed by atoms with Crippen molar-refractivity contribution in [3.63, 3.8) is 0 Å². The molecule has 3 fully saturated rings. The minimum atomic E-state index is 0.473. The lowest BCUT2D eigenvalue weighted by Gasteiger charge is -2.46. The number of fused-ring (bicyclic) bond motifs is 1. The van der Waals surface area contributed by atoms with Gasteiger partial charge < -0.3 is 5.32 Å². The summed E-state index contributed by atoms with van der Waals surface area (Å²) in [6.45, 7) is 13.7. The second-order valence-corrected chi connectivity index (χ2v) is 8.34. The first-order valence-electron chi connectivity index (χ1n) is 8.45. The average molecular weight is 264 g/mol. The first kappa shape index (κ1) is 13.9. The zero-order chi connectivity index (χ0) is 13.6. The molecule has 3 aliphatic rings. The van der Waals surface area contributed by atoms with E-state index >= 15 is 0 Å². The van der Waals surface area contributed by atoms with Crippen molar-refractivity contribution in [1.29, 1.82) is 0 Å². The minimum absolute atomic E-state index is 0.473. The van der Waals surface area contributed by atoms with Crippen LogP contribution in [0.3, 0.4) is 0 Å². The van der Waals surface area contributed by atoms with Crippen LogP contribution in [0.15, 0.2) is 0 Å². The zero-order valence-electron chi connectivity index (χ0n) is 13.3. The zero-order valence-corrected chi connectivity index (χ0v) is 13.3. The molecular weight excluding hydrogens is 232 g/mol. The van der Waals surface area contributed by atoms with Crippen LogP contribution in [0.4, 0.5) is 0 Å².